The van der Waals surface area contributed by atoms with Crippen molar-refractivity contribution in [3.05, 3.63) is 46.3 Å². The van der Waals surface area contributed by atoms with Gasteiger partial charge in [-0.1, -0.05) is 12.1 Å². The van der Waals surface area contributed by atoms with Crippen molar-refractivity contribution < 1.29 is 24.2 Å². The molecule has 2 heterocycles. The van der Waals surface area contributed by atoms with E-state index in [2.05, 4.69) is 0 Å². The minimum atomic E-state index is -0.802. The second-order valence-electron chi connectivity index (χ2n) is 7.12. The van der Waals surface area contributed by atoms with E-state index in [0.717, 1.165) is 0 Å². The van der Waals surface area contributed by atoms with Crippen LogP contribution in [0.2, 0.25) is 0 Å². The third kappa shape index (κ3) is 3.90. The van der Waals surface area contributed by atoms with Gasteiger partial charge in [-0.2, -0.15) is 0 Å². The zero-order valence-corrected chi connectivity index (χ0v) is 15.4. The molecule has 0 unspecified atom stereocenters. The van der Waals surface area contributed by atoms with Crippen molar-refractivity contribution in [2.75, 3.05) is 33.4 Å². The third-order valence-corrected chi connectivity index (χ3v) is 5.36. The topological polar surface area (TPSA) is 100 Å². The number of para-hydroxylation sites is 1. The van der Waals surface area contributed by atoms with Gasteiger partial charge in [-0.3, -0.25) is 9.59 Å². The molecule has 0 radical (unpaired) electrons. The van der Waals surface area contributed by atoms with Gasteiger partial charge in [-0.15, -0.1) is 0 Å². The molecular formula is C20H25NO6. The van der Waals surface area contributed by atoms with E-state index in [1.165, 1.54) is 6.07 Å². The Kier molecular flexibility index (Phi) is 5.94. The van der Waals surface area contributed by atoms with Crippen molar-refractivity contribution in [2.45, 2.75) is 25.4 Å². The Balaban J connectivity index is 1.85. The van der Waals surface area contributed by atoms with Gasteiger partial charge >= 0.3 is 0 Å². The molecule has 27 heavy (non-hydrogen) atoms. The summed E-state index contributed by atoms with van der Waals surface area (Å²) in [5.41, 5.74) is -0.714. The van der Waals surface area contributed by atoms with E-state index in [4.69, 9.17) is 9.15 Å². The number of carbonyl (C=O) groups excluding carboxylic acids is 1. The molecular weight excluding hydrogens is 350 g/mol. The molecule has 1 aliphatic heterocycles. The molecule has 2 atom stereocenters. The molecule has 7 heteroatoms. The van der Waals surface area contributed by atoms with Crippen LogP contribution in [0.15, 0.2) is 39.5 Å². The molecule has 2 N–H and O–H groups in total. The van der Waals surface area contributed by atoms with Gasteiger partial charge in [0.1, 0.15) is 5.58 Å². The number of rotatable bonds is 6. The summed E-state index contributed by atoms with van der Waals surface area (Å²) in [4.78, 5) is 26.8. The maximum Gasteiger partial charge on any atom is 0.289 e. The lowest BCUT2D eigenvalue weighted by Gasteiger charge is -2.45. The number of benzene rings is 1. The molecule has 146 valence electrons. The van der Waals surface area contributed by atoms with Crippen molar-refractivity contribution in [1.29, 1.82) is 0 Å². The van der Waals surface area contributed by atoms with Gasteiger partial charge in [0.05, 0.1) is 18.1 Å². The highest BCUT2D eigenvalue weighted by Crippen LogP contribution is 2.35. The molecule has 7 nitrogen and oxygen atoms in total. The molecule has 1 aromatic carbocycles. The van der Waals surface area contributed by atoms with Crippen LogP contribution >= 0.6 is 0 Å². The lowest BCUT2D eigenvalue weighted by molar-refractivity contribution is -0.0749. The highest BCUT2D eigenvalue weighted by molar-refractivity contribution is 5.93. The molecule has 1 aromatic heterocycles. The summed E-state index contributed by atoms with van der Waals surface area (Å²) in [5, 5.41) is 20.8. The monoisotopic (exact) mass is 375 g/mol. The third-order valence-electron chi connectivity index (χ3n) is 5.36. The number of piperidine rings is 1. The van der Waals surface area contributed by atoms with Gasteiger partial charge in [0.2, 0.25) is 0 Å². The van der Waals surface area contributed by atoms with Gasteiger partial charge < -0.3 is 24.3 Å². The Morgan fingerprint density at radius 3 is 2.93 bits per heavy atom. The van der Waals surface area contributed by atoms with E-state index < -0.39 is 17.4 Å². The van der Waals surface area contributed by atoms with Crippen LogP contribution in [0.1, 0.15) is 29.8 Å². The summed E-state index contributed by atoms with van der Waals surface area (Å²) in [6.07, 6.45) is 0.856. The molecule has 3 rings (SSSR count). The Labute approximate surface area is 157 Å². The summed E-state index contributed by atoms with van der Waals surface area (Å²) >= 11 is 0. The zero-order chi connectivity index (χ0) is 19.4. The Hall–Kier alpha value is -2.22. The average molecular weight is 375 g/mol. The molecule has 1 saturated heterocycles. The van der Waals surface area contributed by atoms with Crippen LogP contribution < -0.4 is 5.43 Å². The second-order valence-corrected chi connectivity index (χ2v) is 7.12. The molecule has 2 aromatic rings. The molecule has 1 amide bonds. The van der Waals surface area contributed by atoms with E-state index in [9.17, 15) is 19.8 Å². The fourth-order valence-corrected chi connectivity index (χ4v) is 3.74. The fraction of sp³-hybridized carbons (Fsp3) is 0.500. The number of amides is 1. The number of carbonyl (C=O) groups is 1. The number of hydrogen-bond donors (Lipinski definition) is 2. The van der Waals surface area contributed by atoms with Crippen molar-refractivity contribution >= 4 is 16.9 Å². The van der Waals surface area contributed by atoms with Gasteiger partial charge in [-0.05, 0) is 31.4 Å². The minimum absolute atomic E-state index is 0.0289. The molecule has 1 fully saturated rings. The van der Waals surface area contributed by atoms with E-state index in [1.807, 2.05) is 0 Å². The predicted octanol–water partition coefficient (Wildman–Crippen LogP) is 1.41. The summed E-state index contributed by atoms with van der Waals surface area (Å²) in [7, 11) is 1.60. The summed E-state index contributed by atoms with van der Waals surface area (Å²) in [5.74, 6) is -0.437. The summed E-state index contributed by atoms with van der Waals surface area (Å²) < 4.78 is 10.7. The normalized spacial score (nSPS) is 22.9. The van der Waals surface area contributed by atoms with Gasteiger partial charge in [0, 0.05) is 38.3 Å². The number of methoxy groups -OCH3 is 1. The van der Waals surface area contributed by atoms with Gasteiger partial charge in [0.25, 0.3) is 5.91 Å². The second kappa shape index (κ2) is 8.21. The van der Waals surface area contributed by atoms with Crippen molar-refractivity contribution in [2.24, 2.45) is 5.41 Å². The smallest absolute Gasteiger partial charge is 0.289 e. The number of hydrogen-bond acceptors (Lipinski definition) is 6. The summed E-state index contributed by atoms with van der Waals surface area (Å²) in [6.45, 7) is 0.817. The average Bonchev–Trinajstić information content (AvgIpc) is 2.69. The van der Waals surface area contributed by atoms with Crippen LogP contribution in [-0.2, 0) is 4.74 Å². The number of ether oxygens (including phenoxy) is 1. The number of likely N-dealkylation sites (tertiary alicyclic amines) is 1. The number of fused-ring (bicyclic) bond motifs is 1. The van der Waals surface area contributed by atoms with Crippen LogP contribution in [-0.4, -0.2) is 60.5 Å². The van der Waals surface area contributed by atoms with Gasteiger partial charge in [-0.25, -0.2) is 0 Å². The Bertz CT molecular complexity index is 863. The Morgan fingerprint density at radius 1 is 1.41 bits per heavy atom. The SMILES string of the molecule is COCCC[C@@]1(CO)CN(C(=O)c2cc(=O)c3ccccc3o2)CC[C@H]1O. The highest BCUT2D eigenvalue weighted by Gasteiger charge is 2.43. The molecule has 0 aliphatic carbocycles. The number of aliphatic hydroxyl groups excluding tert-OH is 2. The van der Waals surface area contributed by atoms with Gasteiger partial charge in [0.15, 0.2) is 11.2 Å². The maximum absolute atomic E-state index is 12.9. The summed E-state index contributed by atoms with van der Waals surface area (Å²) in [6, 6.07) is 7.99. The van der Waals surface area contributed by atoms with E-state index in [1.54, 1.807) is 36.3 Å². The van der Waals surface area contributed by atoms with E-state index in [-0.39, 0.29) is 24.3 Å². The number of nitrogens with zero attached hydrogens (tertiary/aromatic N) is 1. The standard InChI is InChI=1S/C20H25NO6/c1-26-10-4-8-20(13-22)12-21(9-7-18(20)24)19(25)17-11-15(23)14-5-2-3-6-16(14)27-17/h2-3,5-6,11,18,22,24H,4,7-10,12-13H2,1H3/t18-,20+/m1/s1. The quantitative estimate of drug-likeness (QED) is 0.741. The van der Waals surface area contributed by atoms with Crippen LogP contribution in [0.4, 0.5) is 0 Å². The molecule has 0 spiro atoms. The van der Waals surface area contributed by atoms with Crippen LogP contribution in [0.3, 0.4) is 0 Å². The highest BCUT2D eigenvalue weighted by atomic mass is 16.5. The van der Waals surface area contributed by atoms with Crippen LogP contribution in [0, 0.1) is 5.41 Å². The van der Waals surface area contributed by atoms with E-state index in [0.29, 0.717) is 43.4 Å². The predicted molar refractivity (Wildman–Crippen MR) is 99.6 cm³/mol. The van der Waals surface area contributed by atoms with Crippen LogP contribution in [0.5, 0.6) is 0 Å². The number of aliphatic hydroxyl groups is 2. The zero-order valence-electron chi connectivity index (χ0n) is 15.4. The lowest BCUT2D eigenvalue weighted by Crippen LogP contribution is -2.55. The molecule has 1 aliphatic rings. The molecule has 0 bridgehead atoms. The van der Waals surface area contributed by atoms with Crippen molar-refractivity contribution in [3.63, 3.8) is 0 Å². The molecule has 0 saturated carbocycles. The first-order valence-corrected chi connectivity index (χ1v) is 9.11. The first-order valence-electron chi connectivity index (χ1n) is 9.11. The van der Waals surface area contributed by atoms with E-state index >= 15 is 0 Å². The maximum atomic E-state index is 12.9. The van der Waals surface area contributed by atoms with Crippen LogP contribution in [0.25, 0.3) is 11.0 Å². The first kappa shape index (κ1) is 19.5. The van der Waals surface area contributed by atoms with Crippen molar-refractivity contribution in [1.82, 2.24) is 4.90 Å². The lowest BCUT2D eigenvalue weighted by atomic mass is 9.74. The Morgan fingerprint density at radius 2 is 2.19 bits per heavy atom. The largest absolute Gasteiger partial charge is 0.451 e. The fourth-order valence-electron chi connectivity index (χ4n) is 3.74. The first-order chi connectivity index (χ1) is 13.0. The van der Waals surface area contributed by atoms with Crippen molar-refractivity contribution in [3.8, 4) is 0 Å². The minimum Gasteiger partial charge on any atom is -0.451 e.